The van der Waals surface area contributed by atoms with Crippen LogP contribution in [0.3, 0.4) is 0 Å². The standard InChI is InChI=1S/C9H20N2O3/c1-10(2)5-7-13-9(12)14-8-6-11(3)4/h5-8H2,1-4H3. The molecule has 14 heavy (non-hydrogen) atoms. The molecule has 0 aliphatic heterocycles. The van der Waals surface area contributed by atoms with Gasteiger partial charge >= 0.3 is 6.16 Å². The van der Waals surface area contributed by atoms with Gasteiger partial charge in [0.25, 0.3) is 0 Å². The Morgan fingerprint density at radius 2 is 1.29 bits per heavy atom. The Morgan fingerprint density at radius 3 is 1.57 bits per heavy atom. The highest BCUT2D eigenvalue weighted by atomic mass is 16.7. The van der Waals surface area contributed by atoms with E-state index in [0.717, 1.165) is 0 Å². The first kappa shape index (κ1) is 13.2. The lowest BCUT2D eigenvalue weighted by molar-refractivity contribution is 0.0476. The van der Waals surface area contributed by atoms with Crippen molar-refractivity contribution in [3.63, 3.8) is 0 Å². The molecule has 0 aromatic heterocycles. The van der Waals surface area contributed by atoms with E-state index in [9.17, 15) is 4.79 Å². The zero-order valence-corrected chi connectivity index (χ0v) is 9.45. The second-order valence-corrected chi connectivity index (χ2v) is 3.55. The molecule has 5 heteroatoms. The van der Waals surface area contributed by atoms with E-state index in [1.165, 1.54) is 0 Å². The number of ether oxygens (including phenoxy) is 2. The van der Waals surface area contributed by atoms with Crippen LogP contribution >= 0.6 is 0 Å². The van der Waals surface area contributed by atoms with E-state index in [2.05, 4.69) is 0 Å². The second-order valence-electron chi connectivity index (χ2n) is 3.55. The van der Waals surface area contributed by atoms with Gasteiger partial charge in [-0.2, -0.15) is 0 Å². The molecule has 0 spiro atoms. The maximum Gasteiger partial charge on any atom is 0.508 e. The molecule has 0 aliphatic carbocycles. The van der Waals surface area contributed by atoms with Crippen LogP contribution in [-0.4, -0.2) is 70.4 Å². The van der Waals surface area contributed by atoms with Crippen LogP contribution in [0.15, 0.2) is 0 Å². The van der Waals surface area contributed by atoms with Gasteiger partial charge in [0.15, 0.2) is 0 Å². The largest absolute Gasteiger partial charge is 0.508 e. The highest BCUT2D eigenvalue weighted by Gasteiger charge is 2.03. The van der Waals surface area contributed by atoms with Crippen LogP contribution in [0.5, 0.6) is 0 Å². The quantitative estimate of drug-likeness (QED) is 0.581. The zero-order valence-electron chi connectivity index (χ0n) is 9.45. The van der Waals surface area contributed by atoms with Crippen molar-refractivity contribution < 1.29 is 14.3 Å². The Morgan fingerprint density at radius 1 is 0.929 bits per heavy atom. The fourth-order valence-corrected chi connectivity index (χ4v) is 0.665. The molecule has 0 saturated carbocycles. The molecule has 0 saturated heterocycles. The number of nitrogens with zero attached hydrogens (tertiary/aromatic N) is 2. The van der Waals surface area contributed by atoms with Crippen LogP contribution in [-0.2, 0) is 9.47 Å². The number of hydrogen-bond acceptors (Lipinski definition) is 5. The van der Waals surface area contributed by atoms with Crippen molar-refractivity contribution in [2.24, 2.45) is 0 Å². The molecule has 0 radical (unpaired) electrons. The number of hydrogen-bond donors (Lipinski definition) is 0. The first-order valence-electron chi connectivity index (χ1n) is 4.61. The van der Waals surface area contributed by atoms with E-state index in [0.29, 0.717) is 26.3 Å². The summed E-state index contributed by atoms with van der Waals surface area (Å²) in [5, 5.41) is 0. The van der Waals surface area contributed by atoms with Gasteiger partial charge in [0, 0.05) is 13.1 Å². The summed E-state index contributed by atoms with van der Waals surface area (Å²) >= 11 is 0. The monoisotopic (exact) mass is 204 g/mol. The zero-order chi connectivity index (χ0) is 11.0. The summed E-state index contributed by atoms with van der Waals surface area (Å²) in [6.45, 7) is 2.16. The minimum Gasteiger partial charge on any atom is -0.433 e. The van der Waals surface area contributed by atoms with Crippen molar-refractivity contribution in [2.45, 2.75) is 0 Å². The van der Waals surface area contributed by atoms with Gasteiger partial charge in [0.05, 0.1) is 0 Å². The predicted octanol–water partition coefficient (Wildman–Crippen LogP) is 0.263. The molecule has 0 aromatic carbocycles. The van der Waals surface area contributed by atoms with Crippen molar-refractivity contribution in [2.75, 3.05) is 54.5 Å². The molecular weight excluding hydrogens is 184 g/mol. The maximum atomic E-state index is 10.9. The Labute approximate surface area is 85.6 Å². The molecule has 0 fully saturated rings. The molecule has 0 aromatic rings. The van der Waals surface area contributed by atoms with Gasteiger partial charge in [-0.25, -0.2) is 4.79 Å². The summed E-state index contributed by atoms with van der Waals surface area (Å²) < 4.78 is 9.63. The SMILES string of the molecule is CN(C)CCOC(=O)OCCN(C)C. The molecule has 84 valence electrons. The van der Waals surface area contributed by atoms with Gasteiger partial charge in [0.2, 0.25) is 0 Å². The number of carbonyl (C=O) groups is 1. The minimum atomic E-state index is -0.589. The molecule has 0 atom stereocenters. The summed E-state index contributed by atoms with van der Waals surface area (Å²) in [7, 11) is 7.67. The summed E-state index contributed by atoms with van der Waals surface area (Å²) in [4.78, 5) is 14.8. The van der Waals surface area contributed by atoms with Crippen LogP contribution in [0.25, 0.3) is 0 Å². The Kier molecular flexibility index (Phi) is 7.14. The fraction of sp³-hybridized carbons (Fsp3) is 0.889. The highest BCUT2D eigenvalue weighted by molar-refractivity contribution is 5.59. The number of rotatable bonds is 6. The van der Waals surface area contributed by atoms with Crippen molar-refractivity contribution >= 4 is 6.16 Å². The molecule has 0 heterocycles. The Bertz CT molecular complexity index is 144. The normalized spacial score (nSPS) is 10.7. The van der Waals surface area contributed by atoms with E-state index in [-0.39, 0.29) is 0 Å². The Hall–Kier alpha value is -0.810. The lowest BCUT2D eigenvalue weighted by Crippen LogP contribution is -2.23. The third kappa shape index (κ3) is 9.28. The summed E-state index contributed by atoms with van der Waals surface area (Å²) in [6, 6.07) is 0. The lowest BCUT2D eigenvalue weighted by Gasteiger charge is -2.11. The van der Waals surface area contributed by atoms with Gasteiger partial charge < -0.3 is 19.3 Å². The van der Waals surface area contributed by atoms with Crippen LogP contribution in [0.4, 0.5) is 4.79 Å². The van der Waals surface area contributed by atoms with Gasteiger partial charge in [-0.3, -0.25) is 0 Å². The minimum absolute atomic E-state index is 0.369. The molecule has 0 aliphatic rings. The summed E-state index contributed by atoms with van der Waals surface area (Å²) in [6.07, 6.45) is -0.589. The summed E-state index contributed by atoms with van der Waals surface area (Å²) in [5.41, 5.74) is 0. The van der Waals surface area contributed by atoms with E-state index >= 15 is 0 Å². The van der Waals surface area contributed by atoms with Crippen LogP contribution in [0.2, 0.25) is 0 Å². The fourth-order valence-electron chi connectivity index (χ4n) is 0.665. The molecule has 0 rings (SSSR count). The first-order chi connectivity index (χ1) is 6.52. The van der Waals surface area contributed by atoms with E-state index in [1.807, 2.05) is 38.0 Å². The van der Waals surface area contributed by atoms with E-state index < -0.39 is 6.16 Å². The van der Waals surface area contributed by atoms with Gasteiger partial charge in [0.1, 0.15) is 13.2 Å². The van der Waals surface area contributed by atoms with Gasteiger partial charge in [-0.1, -0.05) is 0 Å². The van der Waals surface area contributed by atoms with Crippen LogP contribution < -0.4 is 0 Å². The topological polar surface area (TPSA) is 42.0 Å². The van der Waals surface area contributed by atoms with Gasteiger partial charge in [-0.15, -0.1) is 0 Å². The smallest absolute Gasteiger partial charge is 0.433 e. The predicted molar refractivity (Wildman–Crippen MR) is 54.4 cm³/mol. The number of carbonyl (C=O) groups excluding carboxylic acids is 1. The van der Waals surface area contributed by atoms with E-state index in [4.69, 9.17) is 9.47 Å². The Balaban J connectivity index is 3.28. The molecule has 0 bridgehead atoms. The molecule has 0 unspecified atom stereocenters. The van der Waals surface area contributed by atoms with Crippen LogP contribution in [0.1, 0.15) is 0 Å². The maximum absolute atomic E-state index is 10.9. The third-order valence-corrected chi connectivity index (χ3v) is 1.52. The molecular formula is C9H20N2O3. The first-order valence-corrected chi connectivity index (χ1v) is 4.61. The molecule has 0 amide bonds. The summed E-state index contributed by atoms with van der Waals surface area (Å²) in [5.74, 6) is 0. The molecule has 5 nitrogen and oxygen atoms in total. The lowest BCUT2D eigenvalue weighted by atomic mass is 10.6. The second kappa shape index (κ2) is 7.58. The molecule has 0 N–H and O–H groups in total. The average molecular weight is 204 g/mol. The van der Waals surface area contributed by atoms with Crippen molar-refractivity contribution in [3.05, 3.63) is 0 Å². The highest BCUT2D eigenvalue weighted by Crippen LogP contribution is 1.87. The third-order valence-electron chi connectivity index (χ3n) is 1.52. The number of likely N-dealkylation sites (N-methyl/N-ethyl adjacent to an activating group) is 2. The van der Waals surface area contributed by atoms with E-state index in [1.54, 1.807) is 0 Å². The van der Waals surface area contributed by atoms with Crippen molar-refractivity contribution in [3.8, 4) is 0 Å². The van der Waals surface area contributed by atoms with Crippen molar-refractivity contribution in [1.82, 2.24) is 9.80 Å². The van der Waals surface area contributed by atoms with Crippen molar-refractivity contribution in [1.29, 1.82) is 0 Å². The van der Waals surface area contributed by atoms with Crippen LogP contribution in [0, 0.1) is 0 Å². The average Bonchev–Trinajstić information content (AvgIpc) is 2.02. The van der Waals surface area contributed by atoms with Gasteiger partial charge in [-0.05, 0) is 28.2 Å².